The molecule has 4 aromatic carbocycles. The van der Waals surface area contributed by atoms with E-state index in [0.29, 0.717) is 34.9 Å². The SMILES string of the molecule is O=C(Nc1ccc2[nH]ncc2c1)c1cc(NCc2ccccc2)nc2ccc(-c3ccc4c(c3)OCO4)cc12. The second kappa shape index (κ2) is 9.50. The fourth-order valence-electron chi connectivity index (χ4n) is 4.77. The number of pyridine rings is 1. The van der Waals surface area contributed by atoms with Crippen LogP contribution in [0.15, 0.2) is 97.2 Å². The van der Waals surface area contributed by atoms with Gasteiger partial charge in [0.25, 0.3) is 5.91 Å². The molecule has 0 saturated carbocycles. The average molecular weight is 514 g/mol. The molecule has 0 radical (unpaired) electrons. The van der Waals surface area contributed by atoms with E-state index >= 15 is 0 Å². The summed E-state index contributed by atoms with van der Waals surface area (Å²) in [5, 5.41) is 15.1. The third-order valence-electron chi connectivity index (χ3n) is 6.77. The van der Waals surface area contributed by atoms with Gasteiger partial charge in [0.15, 0.2) is 11.5 Å². The zero-order valence-corrected chi connectivity index (χ0v) is 20.8. The lowest BCUT2D eigenvalue weighted by atomic mass is 10.00. The summed E-state index contributed by atoms with van der Waals surface area (Å²) in [6, 6.07) is 29.3. The van der Waals surface area contributed by atoms with Gasteiger partial charge in [0.05, 0.1) is 22.8 Å². The number of amides is 1. The first kappa shape index (κ1) is 22.8. The van der Waals surface area contributed by atoms with Crippen molar-refractivity contribution < 1.29 is 14.3 Å². The Balaban J connectivity index is 1.28. The molecule has 3 N–H and O–H groups in total. The van der Waals surface area contributed by atoms with Gasteiger partial charge in [-0.3, -0.25) is 9.89 Å². The van der Waals surface area contributed by atoms with E-state index in [-0.39, 0.29) is 12.7 Å². The number of nitrogens with one attached hydrogen (secondary N) is 3. The van der Waals surface area contributed by atoms with Gasteiger partial charge in [0.2, 0.25) is 6.79 Å². The first-order chi connectivity index (χ1) is 19.2. The number of anilines is 2. The average Bonchev–Trinajstić information content (AvgIpc) is 3.65. The summed E-state index contributed by atoms with van der Waals surface area (Å²) in [6.07, 6.45) is 1.73. The standard InChI is InChI=1S/C31H23N5O3/c37-31(34-23-8-10-26-22(12-23)17-33-36-26)25-15-30(32-16-19-4-2-1-3-5-19)35-27-9-6-20(13-24(25)27)21-7-11-28-29(14-21)39-18-38-28/h1-15,17H,16,18H2,(H,32,35)(H,33,36)(H,34,37). The molecule has 190 valence electrons. The maximum atomic E-state index is 13.7. The van der Waals surface area contributed by atoms with E-state index in [1.54, 1.807) is 12.3 Å². The Bertz CT molecular complexity index is 1850. The van der Waals surface area contributed by atoms with Crippen molar-refractivity contribution in [2.45, 2.75) is 6.54 Å². The maximum Gasteiger partial charge on any atom is 0.256 e. The fourth-order valence-corrected chi connectivity index (χ4v) is 4.77. The van der Waals surface area contributed by atoms with Gasteiger partial charge in [-0.1, -0.05) is 42.5 Å². The minimum atomic E-state index is -0.226. The largest absolute Gasteiger partial charge is 0.454 e. The molecule has 1 amide bonds. The summed E-state index contributed by atoms with van der Waals surface area (Å²) in [7, 11) is 0. The number of H-pyrrole nitrogens is 1. The topological polar surface area (TPSA) is 101 Å². The quantitative estimate of drug-likeness (QED) is 0.239. The Morgan fingerprint density at radius 2 is 1.72 bits per heavy atom. The molecule has 0 bridgehead atoms. The number of aromatic nitrogens is 3. The molecule has 0 fully saturated rings. The van der Waals surface area contributed by atoms with Gasteiger partial charge < -0.3 is 20.1 Å². The van der Waals surface area contributed by atoms with Crippen molar-refractivity contribution in [3.63, 3.8) is 0 Å². The van der Waals surface area contributed by atoms with Crippen LogP contribution in [0.5, 0.6) is 11.5 Å². The number of rotatable bonds is 6. The van der Waals surface area contributed by atoms with Gasteiger partial charge in [0.1, 0.15) is 5.82 Å². The van der Waals surface area contributed by atoms with Crippen molar-refractivity contribution in [1.82, 2.24) is 15.2 Å². The number of benzene rings is 4. The highest BCUT2D eigenvalue weighted by Gasteiger charge is 2.17. The molecule has 1 aliphatic heterocycles. The highest BCUT2D eigenvalue weighted by Crippen LogP contribution is 2.37. The third kappa shape index (κ3) is 4.48. The van der Waals surface area contributed by atoms with E-state index in [1.807, 2.05) is 84.9 Å². The van der Waals surface area contributed by atoms with Crippen LogP contribution < -0.4 is 20.1 Å². The summed E-state index contributed by atoms with van der Waals surface area (Å²) in [5.74, 6) is 1.83. The molecule has 0 atom stereocenters. The smallest absolute Gasteiger partial charge is 0.256 e. The van der Waals surface area contributed by atoms with E-state index in [9.17, 15) is 4.79 Å². The third-order valence-corrected chi connectivity index (χ3v) is 6.77. The van der Waals surface area contributed by atoms with E-state index in [4.69, 9.17) is 14.5 Å². The predicted octanol–water partition coefficient (Wildman–Crippen LogP) is 6.37. The molecule has 7 rings (SSSR count). The number of aromatic amines is 1. The number of nitrogens with zero attached hydrogens (tertiary/aromatic N) is 2. The predicted molar refractivity (Wildman–Crippen MR) is 151 cm³/mol. The maximum absolute atomic E-state index is 13.7. The van der Waals surface area contributed by atoms with Gasteiger partial charge in [-0.15, -0.1) is 0 Å². The van der Waals surface area contributed by atoms with Gasteiger partial charge in [-0.05, 0) is 65.2 Å². The number of hydrogen-bond donors (Lipinski definition) is 3. The summed E-state index contributed by atoms with van der Waals surface area (Å²) >= 11 is 0. The lowest BCUT2D eigenvalue weighted by Gasteiger charge is -2.13. The Labute approximate surface area is 223 Å². The number of ether oxygens (including phenoxy) is 2. The highest BCUT2D eigenvalue weighted by atomic mass is 16.7. The summed E-state index contributed by atoms with van der Waals surface area (Å²) < 4.78 is 11.0. The van der Waals surface area contributed by atoms with Gasteiger partial charge in [-0.2, -0.15) is 5.10 Å². The second-order valence-electron chi connectivity index (χ2n) is 9.32. The number of hydrogen-bond acceptors (Lipinski definition) is 6. The van der Waals surface area contributed by atoms with Crippen LogP contribution in [0.2, 0.25) is 0 Å². The number of carbonyl (C=O) groups excluding carboxylic acids is 1. The lowest BCUT2D eigenvalue weighted by molar-refractivity contribution is 0.102. The van der Waals surface area contributed by atoms with Crippen molar-refractivity contribution in [3.05, 3.63) is 108 Å². The van der Waals surface area contributed by atoms with Crippen molar-refractivity contribution in [3.8, 4) is 22.6 Å². The van der Waals surface area contributed by atoms with Crippen LogP contribution in [0.3, 0.4) is 0 Å². The van der Waals surface area contributed by atoms with Crippen LogP contribution in [0, 0.1) is 0 Å². The lowest BCUT2D eigenvalue weighted by Crippen LogP contribution is -2.14. The van der Waals surface area contributed by atoms with E-state index in [2.05, 4.69) is 20.8 Å². The monoisotopic (exact) mass is 513 g/mol. The molecule has 2 aromatic heterocycles. The molecule has 6 aromatic rings. The first-order valence-corrected chi connectivity index (χ1v) is 12.6. The molecule has 39 heavy (non-hydrogen) atoms. The second-order valence-corrected chi connectivity index (χ2v) is 9.32. The fraction of sp³-hybridized carbons (Fsp3) is 0.0645. The zero-order chi connectivity index (χ0) is 26.2. The van der Waals surface area contributed by atoms with E-state index in [1.165, 1.54) is 0 Å². The van der Waals surface area contributed by atoms with Crippen LogP contribution >= 0.6 is 0 Å². The Morgan fingerprint density at radius 3 is 2.64 bits per heavy atom. The molecule has 8 nitrogen and oxygen atoms in total. The molecule has 0 aliphatic carbocycles. The van der Waals surface area contributed by atoms with Crippen molar-refractivity contribution in [1.29, 1.82) is 0 Å². The Hall–Kier alpha value is -5.37. The molecule has 1 aliphatic rings. The van der Waals surface area contributed by atoms with Crippen LogP contribution in [0.1, 0.15) is 15.9 Å². The first-order valence-electron chi connectivity index (χ1n) is 12.6. The summed E-state index contributed by atoms with van der Waals surface area (Å²) in [4.78, 5) is 18.5. The van der Waals surface area contributed by atoms with E-state index in [0.717, 1.165) is 38.7 Å². The van der Waals surface area contributed by atoms with Gasteiger partial charge >= 0.3 is 0 Å². The Kier molecular flexibility index (Phi) is 5.55. The number of fused-ring (bicyclic) bond motifs is 3. The van der Waals surface area contributed by atoms with Crippen molar-refractivity contribution in [2.75, 3.05) is 17.4 Å². The summed E-state index contributed by atoms with van der Waals surface area (Å²) in [6.45, 7) is 0.807. The normalized spacial score (nSPS) is 12.1. The van der Waals surface area contributed by atoms with Crippen molar-refractivity contribution in [2.24, 2.45) is 0 Å². The molecule has 0 unspecified atom stereocenters. The minimum Gasteiger partial charge on any atom is -0.454 e. The summed E-state index contributed by atoms with van der Waals surface area (Å²) in [5.41, 5.74) is 5.86. The molecule has 0 spiro atoms. The van der Waals surface area contributed by atoms with Gasteiger partial charge in [0, 0.05) is 23.0 Å². The van der Waals surface area contributed by atoms with Crippen LogP contribution in [-0.4, -0.2) is 27.9 Å². The van der Waals surface area contributed by atoms with E-state index < -0.39 is 0 Å². The van der Waals surface area contributed by atoms with Crippen LogP contribution in [-0.2, 0) is 6.54 Å². The molecule has 3 heterocycles. The Morgan fingerprint density at radius 1 is 0.872 bits per heavy atom. The number of carbonyl (C=O) groups is 1. The van der Waals surface area contributed by atoms with Crippen LogP contribution in [0.25, 0.3) is 32.9 Å². The molecular formula is C31H23N5O3. The zero-order valence-electron chi connectivity index (χ0n) is 20.8. The molecule has 0 saturated heterocycles. The minimum absolute atomic E-state index is 0.216. The highest BCUT2D eigenvalue weighted by molar-refractivity contribution is 6.14. The molecular weight excluding hydrogens is 490 g/mol. The van der Waals surface area contributed by atoms with Crippen molar-refractivity contribution >= 4 is 39.2 Å². The van der Waals surface area contributed by atoms with Gasteiger partial charge in [-0.25, -0.2) is 4.98 Å². The van der Waals surface area contributed by atoms with Crippen LogP contribution in [0.4, 0.5) is 11.5 Å². The molecule has 8 heteroatoms.